The van der Waals surface area contributed by atoms with Crippen molar-refractivity contribution in [1.82, 2.24) is 10.2 Å². The van der Waals surface area contributed by atoms with E-state index in [2.05, 4.69) is 42.3 Å². The third kappa shape index (κ3) is 7.22. The highest BCUT2D eigenvalue weighted by Gasteiger charge is 2.23. The minimum absolute atomic E-state index is 0. The van der Waals surface area contributed by atoms with Crippen LogP contribution in [0.15, 0.2) is 18.2 Å². The molecule has 1 atom stereocenters. The molecule has 0 unspecified atom stereocenters. The molecule has 0 bridgehead atoms. The number of halogens is 2. The number of hydrogen-bond donors (Lipinski definition) is 1. The van der Waals surface area contributed by atoms with Gasteiger partial charge in [-0.05, 0) is 43.4 Å². The highest BCUT2D eigenvalue weighted by atomic mass is 35.5. The van der Waals surface area contributed by atoms with Crippen LogP contribution in [0.25, 0.3) is 0 Å². The zero-order chi connectivity index (χ0) is 16.7. The molecule has 1 aliphatic heterocycles. The van der Waals surface area contributed by atoms with Crippen LogP contribution >= 0.6 is 24.8 Å². The molecule has 146 valence electrons. The van der Waals surface area contributed by atoms with Gasteiger partial charge in [-0.25, -0.2) is 0 Å². The summed E-state index contributed by atoms with van der Waals surface area (Å²) in [5.41, 5.74) is 1.34. The van der Waals surface area contributed by atoms with E-state index in [1.54, 1.807) is 7.11 Å². The van der Waals surface area contributed by atoms with Gasteiger partial charge in [-0.2, -0.15) is 0 Å². The molecule has 6 heteroatoms. The van der Waals surface area contributed by atoms with Gasteiger partial charge in [-0.1, -0.05) is 19.9 Å². The number of hydrogen-bond acceptors (Lipinski definition) is 4. The third-order valence-electron chi connectivity index (χ3n) is 4.48. The van der Waals surface area contributed by atoms with Gasteiger partial charge in [-0.15, -0.1) is 24.8 Å². The van der Waals surface area contributed by atoms with Crippen LogP contribution in [0.5, 0.6) is 11.5 Å². The van der Waals surface area contributed by atoms with Crippen LogP contribution in [0, 0.1) is 5.92 Å². The predicted octanol–water partition coefficient (Wildman–Crippen LogP) is 4.32. The molecule has 25 heavy (non-hydrogen) atoms. The normalized spacial score (nSPS) is 15.9. The zero-order valence-corrected chi connectivity index (χ0v) is 17.5. The number of benzene rings is 1. The second-order valence-corrected chi connectivity index (χ2v) is 6.62. The minimum Gasteiger partial charge on any atom is -0.493 e. The van der Waals surface area contributed by atoms with E-state index in [0.29, 0.717) is 12.6 Å². The summed E-state index contributed by atoms with van der Waals surface area (Å²) in [6.07, 6.45) is 2.43. The van der Waals surface area contributed by atoms with Gasteiger partial charge in [0.1, 0.15) is 0 Å². The Morgan fingerprint density at radius 3 is 2.32 bits per heavy atom. The second kappa shape index (κ2) is 12.6. The first-order valence-electron chi connectivity index (χ1n) is 8.91. The van der Waals surface area contributed by atoms with E-state index in [-0.39, 0.29) is 24.8 Å². The molecule has 4 nitrogen and oxygen atoms in total. The Kier molecular flexibility index (Phi) is 12.3. The Bertz CT molecular complexity index is 480. The number of nitrogens with one attached hydrogen (secondary N) is 1. The van der Waals surface area contributed by atoms with Crippen molar-refractivity contribution in [2.45, 2.75) is 39.7 Å². The number of nitrogens with zero attached hydrogens (tertiary/aromatic N) is 1. The maximum atomic E-state index is 5.66. The Morgan fingerprint density at radius 1 is 1.08 bits per heavy atom. The number of piperazine rings is 1. The molecule has 0 radical (unpaired) electrons. The average molecular weight is 393 g/mol. The summed E-state index contributed by atoms with van der Waals surface area (Å²) in [5.74, 6) is 2.40. The molecule has 2 rings (SSSR count). The molecule has 0 spiro atoms. The maximum absolute atomic E-state index is 5.66. The van der Waals surface area contributed by atoms with Crippen molar-refractivity contribution in [2.75, 3.05) is 39.9 Å². The summed E-state index contributed by atoms with van der Waals surface area (Å²) >= 11 is 0. The summed E-state index contributed by atoms with van der Waals surface area (Å²) < 4.78 is 11.2. The van der Waals surface area contributed by atoms with Gasteiger partial charge >= 0.3 is 0 Å². The second-order valence-electron chi connectivity index (χ2n) is 6.62. The molecule has 1 N–H and O–H groups in total. The van der Waals surface area contributed by atoms with Gasteiger partial charge in [0.15, 0.2) is 11.5 Å². The number of ether oxygens (including phenoxy) is 2. The van der Waals surface area contributed by atoms with Crippen LogP contribution in [0.3, 0.4) is 0 Å². The molecule has 1 aromatic carbocycles. The van der Waals surface area contributed by atoms with Gasteiger partial charge < -0.3 is 14.8 Å². The molecule has 1 saturated heterocycles. The molecule has 1 fully saturated rings. The fraction of sp³-hybridized carbons (Fsp3) is 0.684. The lowest BCUT2D eigenvalue weighted by Gasteiger charge is -2.36. The van der Waals surface area contributed by atoms with Crippen molar-refractivity contribution in [3.8, 4) is 11.5 Å². The van der Waals surface area contributed by atoms with Crippen molar-refractivity contribution in [3.63, 3.8) is 0 Å². The van der Waals surface area contributed by atoms with Gasteiger partial charge in [0.2, 0.25) is 0 Å². The Morgan fingerprint density at radius 2 is 1.76 bits per heavy atom. The Hall–Kier alpha value is -0.680. The van der Waals surface area contributed by atoms with Crippen molar-refractivity contribution < 1.29 is 9.47 Å². The molecular formula is C19H34Cl2N2O2. The van der Waals surface area contributed by atoms with E-state index < -0.39 is 0 Å². The van der Waals surface area contributed by atoms with Crippen LogP contribution in [0.4, 0.5) is 0 Å². The Balaban J connectivity index is 0.00000288. The third-order valence-corrected chi connectivity index (χ3v) is 4.48. The van der Waals surface area contributed by atoms with E-state index in [1.165, 1.54) is 18.4 Å². The van der Waals surface area contributed by atoms with Crippen LogP contribution in [0.1, 0.15) is 45.2 Å². The van der Waals surface area contributed by atoms with E-state index in [0.717, 1.165) is 43.6 Å². The summed E-state index contributed by atoms with van der Waals surface area (Å²) in [7, 11) is 1.72. The van der Waals surface area contributed by atoms with Gasteiger partial charge in [0, 0.05) is 32.2 Å². The standard InChI is InChI=1S/C19H32N2O2.2ClH/c1-5-23-18-9-7-16(14-19(18)22-4)17(8-6-15(2)3)21-12-10-20-11-13-21;;/h7,9,14-15,17,20H,5-6,8,10-13H2,1-4H3;2*1H/t17-;;/m0../s1. The van der Waals surface area contributed by atoms with Crippen molar-refractivity contribution >= 4 is 24.8 Å². The molecule has 0 amide bonds. The molecule has 1 aromatic rings. The summed E-state index contributed by atoms with van der Waals surface area (Å²) in [4.78, 5) is 2.61. The lowest BCUT2D eigenvalue weighted by molar-refractivity contribution is 0.159. The first-order valence-corrected chi connectivity index (χ1v) is 8.91. The first kappa shape index (κ1) is 24.3. The zero-order valence-electron chi connectivity index (χ0n) is 15.9. The monoisotopic (exact) mass is 392 g/mol. The van der Waals surface area contributed by atoms with E-state index >= 15 is 0 Å². The van der Waals surface area contributed by atoms with Gasteiger partial charge in [0.25, 0.3) is 0 Å². The van der Waals surface area contributed by atoms with Gasteiger partial charge in [0.05, 0.1) is 13.7 Å². The summed E-state index contributed by atoms with van der Waals surface area (Å²) in [6, 6.07) is 6.89. The van der Waals surface area contributed by atoms with Crippen LogP contribution < -0.4 is 14.8 Å². The van der Waals surface area contributed by atoms with Crippen molar-refractivity contribution in [1.29, 1.82) is 0 Å². The largest absolute Gasteiger partial charge is 0.493 e. The first-order chi connectivity index (χ1) is 11.2. The fourth-order valence-corrected chi connectivity index (χ4v) is 3.21. The SMILES string of the molecule is CCOc1ccc([C@H](CCC(C)C)N2CCNCC2)cc1OC.Cl.Cl. The highest BCUT2D eigenvalue weighted by Crippen LogP contribution is 2.34. The topological polar surface area (TPSA) is 33.7 Å². The molecule has 0 saturated carbocycles. The van der Waals surface area contributed by atoms with E-state index in [4.69, 9.17) is 9.47 Å². The van der Waals surface area contributed by atoms with Gasteiger partial charge in [-0.3, -0.25) is 4.90 Å². The lowest BCUT2D eigenvalue weighted by atomic mass is 9.95. The molecular weight excluding hydrogens is 359 g/mol. The van der Waals surface area contributed by atoms with E-state index in [1.807, 2.05) is 6.92 Å². The van der Waals surface area contributed by atoms with Crippen molar-refractivity contribution in [3.05, 3.63) is 23.8 Å². The smallest absolute Gasteiger partial charge is 0.161 e. The summed E-state index contributed by atoms with van der Waals surface area (Å²) in [6.45, 7) is 11.6. The fourth-order valence-electron chi connectivity index (χ4n) is 3.21. The average Bonchev–Trinajstić information content (AvgIpc) is 2.57. The number of methoxy groups -OCH3 is 1. The van der Waals surface area contributed by atoms with Crippen LogP contribution in [0.2, 0.25) is 0 Å². The minimum atomic E-state index is 0. The molecule has 1 aliphatic rings. The molecule has 0 aliphatic carbocycles. The Labute approximate surface area is 165 Å². The maximum Gasteiger partial charge on any atom is 0.161 e. The molecule has 1 heterocycles. The van der Waals surface area contributed by atoms with Crippen LogP contribution in [-0.2, 0) is 0 Å². The van der Waals surface area contributed by atoms with E-state index in [9.17, 15) is 0 Å². The lowest BCUT2D eigenvalue weighted by Crippen LogP contribution is -2.45. The van der Waals surface area contributed by atoms with Crippen molar-refractivity contribution in [2.24, 2.45) is 5.92 Å². The number of rotatable bonds is 8. The molecule has 0 aromatic heterocycles. The predicted molar refractivity (Wildman–Crippen MR) is 110 cm³/mol. The van der Waals surface area contributed by atoms with Crippen LogP contribution in [-0.4, -0.2) is 44.8 Å². The highest BCUT2D eigenvalue weighted by molar-refractivity contribution is 5.85. The quantitative estimate of drug-likeness (QED) is 0.713. The summed E-state index contributed by atoms with van der Waals surface area (Å²) in [5, 5.41) is 3.45.